The van der Waals surface area contributed by atoms with E-state index in [1.807, 2.05) is 37.3 Å². The van der Waals surface area contributed by atoms with Gasteiger partial charge in [-0.25, -0.2) is 4.68 Å². The molecule has 1 fully saturated rings. The van der Waals surface area contributed by atoms with Crippen molar-refractivity contribution in [3.05, 3.63) is 41.6 Å². The second kappa shape index (κ2) is 7.18. The summed E-state index contributed by atoms with van der Waals surface area (Å²) in [5.41, 5.74) is 3.04. The molecule has 1 saturated heterocycles. The summed E-state index contributed by atoms with van der Waals surface area (Å²) >= 11 is 0. The molecular formula is C19H26N4O. The van der Waals surface area contributed by atoms with Crippen molar-refractivity contribution < 1.29 is 4.79 Å². The Labute approximate surface area is 143 Å². The monoisotopic (exact) mass is 326 g/mol. The molecule has 5 nitrogen and oxygen atoms in total. The van der Waals surface area contributed by atoms with Crippen LogP contribution in [0.2, 0.25) is 0 Å². The quantitative estimate of drug-likeness (QED) is 0.939. The van der Waals surface area contributed by atoms with Crippen molar-refractivity contribution in [2.75, 3.05) is 25.0 Å². The first-order valence-corrected chi connectivity index (χ1v) is 8.67. The third-order valence-corrected chi connectivity index (χ3v) is 4.62. The number of hydrogen-bond acceptors (Lipinski definition) is 3. The van der Waals surface area contributed by atoms with E-state index in [4.69, 9.17) is 0 Å². The van der Waals surface area contributed by atoms with Crippen LogP contribution in [0.5, 0.6) is 0 Å². The Morgan fingerprint density at radius 1 is 1.21 bits per heavy atom. The van der Waals surface area contributed by atoms with Crippen LogP contribution in [0.4, 0.5) is 5.82 Å². The van der Waals surface area contributed by atoms with Gasteiger partial charge in [0.15, 0.2) is 0 Å². The Morgan fingerprint density at radius 2 is 1.88 bits per heavy atom. The molecule has 1 N–H and O–H groups in total. The molecule has 2 aromatic rings. The molecule has 5 heteroatoms. The number of nitrogens with one attached hydrogen (secondary N) is 1. The third-order valence-electron chi connectivity index (χ3n) is 4.62. The first kappa shape index (κ1) is 16.7. The number of likely N-dealkylation sites (tertiary alicyclic amines) is 1. The van der Waals surface area contributed by atoms with Crippen molar-refractivity contribution in [1.82, 2.24) is 14.7 Å². The van der Waals surface area contributed by atoms with Gasteiger partial charge < -0.3 is 5.32 Å². The molecule has 1 aliphatic rings. The van der Waals surface area contributed by atoms with Gasteiger partial charge in [-0.2, -0.15) is 5.10 Å². The largest absolute Gasteiger partial charge is 0.309 e. The maximum Gasteiger partial charge on any atom is 0.239 e. The van der Waals surface area contributed by atoms with Gasteiger partial charge >= 0.3 is 0 Å². The number of hydrogen-bond donors (Lipinski definition) is 1. The Kier molecular flexibility index (Phi) is 5.00. The van der Waals surface area contributed by atoms with Crippen LogP contribution in [-0.4, -0.2) is 40.2 Å². The summed E-state index contributed by atoms with van der Waals surface area (Å²) in [7, 11) is 0. The molecule has 1 aliphatic heterocycles. The van der Waals surface area contributed by atoms with Crippen molar-refractivity contribution in [3.63, 3.8) is 0 Å². The predicted molar refractivity (Wildman–Crippen MR) is 96.5 cm³/mol. The van der Waals surface area contributed by atoms with E-state index in [0.29, 0.717) is 6.54 Å². The predicted octanol–water partition coefficient (Wildman–Crippen LogP) is 3.16. The Morgan fingerprint density at radius 3 is 2.54 bits per heavy atom. The SMILES string of the molecule is Cc1ccc(-n2nc(C)cc2NC(=O)CN2CCC(C)CC2)cc1. The molecular weight excluding hydrogens is 300 g/mol. The summed E-state index contributed by atoms with van der Waals surface area (Å²) < 4.78 is 1.80. The van der Waals surface area contributed by atoms with E-state index in [-0.39, 0.29) is 5.91 Å². The Hall–Kier alpha value is -2.14. The van der Waals surface area contributed by atoms with Crippen LogP contribution in [0.25, 0.3) is 5.69 Å². The zero-order valence-corrected chi connectivity index (χ0v) is 14.7. The normalized spacial score (nSPS) is 16.3. The number of amides is 1. The molecule has 3 rings (SSSR count). The average Bonchev–Trinajstić information content (AvgIpc) is 2.90. The van der Waals surface area contributed by atoms with Gasteiger partial charge in [0, 0.05) is 6.07 Å². The summed E-state index contributed by atoms with van der Waals surface area (Å²) in [6.07, 6.45) is 2.35. The zero-order chi connectivity index (χ0) is 17.1. The molecule has 1 amide bonds. The summed E-state index contributed by atoms with van der Waals surface area (Å²) in [5.74, 6) is 1.53. The van der Waals surface area contributed by atoms with E-state index in [2.05, 4.69) is 29.2 Å². The van der Waals surface area contributed by atoms with E-state index in [9.17, 15) is 4.79 Å². The molecule has 0 aliphatic carbocycles. The van der Waals surface area contributed by atoms with Crippen LogP contribution in [0.1, 0.15) is 31.0 Å². The number of carbonyl (C=O) groups excluding carboxylic acids is 1. The van der Waals surface area contributed by atoms with Crippen LogP contribution in [0.3, 0.4) is 0 Å². The topological polar surface area (TPSA) is 50.2 Å². The zero-order valence-electron chi connectivity index (χ0n) is 14.7. The minimum absolute atomic E-state index is 0.0258. The second-order valence-corrected chi connectivity index (χ2v) is 6.93. The fraction of sp³-hybridized carbons (Fsp3) is 0.474. The van der Waals surface area contributed by atoms with Crippen LogP contribution >= 0.6 is 0 Å². The molecule has 128 valence electrons. The summed E-state index contributed by atoms with van der Waals surface area (Å²) in [5, 5.41) is 7.53. The van der Waals surface area contributed by atoms with Gasteiger partial charge in [0.25, 0.3) is 0 Å². The van der Waals surface area contributed by atoms with Crippen molar-refractivity contribution >= 4 is 11.7 Å². The average molecular weight is 326 g/mol. The summed E-state index contributed by atoms with van der Waals surface area (Å²) in [6.45, 7) is 8.73. The minimum Gasteiger partial charge on any atom is -0.309 e. The number of anilines is 1. The number of benzene rings is 1. The summed E-state index contributed by atoms with van der Waals surface area (Å²) in [4.78, 5) is 14.6. The van der Waals surface area contributed by atoms with Crippen LogP contribution < -0.4 is 5.32 Å². The summed E-state index contributed by atoms with van der Waals surface area (Å²) in [6, 6.07) is 10.0. The van der Waals surface area contributed by atoms with Gasteiger partial charge in [-0.3, -0.25) is 9.69 Å². The smallest absolute Gasteiger partial charge is 0.239 e. The van der Waals surface area contributed by atoms with Crippen molar-refractivity contribution in [2.45, 2.75) is 33.6 Å². The fourth-order valence-corrected chi connectivity index (χ4v) is 3.08. The van der Waals surface area contributed by atoms with E-state index in [1.54, 1.807) is 4.68 Å². The number of carbonyl (C=O) groups is 1. The highest BCUT2D eigenvalue weighted by Gasteiger charge is 2.19. The third kappa shape index (κ3) is 4.03. The van der Waals surface area contributed by atoms with Crippen molar-refractivity contribution in [1.29, 1.82) is 0 Å². The highest BCUT2D eigenvalue weighted by atomic mass is 16.2. The number of piperidine rings is 1. The maximum atomic E-state index is 12.4. The molecule has 24 heavy (non-hydrogen) atoms. The molecule has 0 radical (unpaired) electrons. The lowest BCUT2D eigenvalue weighted by Crippen LogP contribution is -2.38. The number of nitrogens with zero attached hydrogens (tertiary/aromatic N) is 3. The van der Waals surface area contributed by atoms with Gasteiger partial charge in [0.2, 0.25) is 5.91 Å². The molecule has 1 aromatic heterocycles. The lowest BCUT2D eigenvalue weighted by molar-refractivity contribution is -0.117. The molecule has 1 aromatic carbocycles. The standard InChI is InChI=1S/C19H26N4O/c1-14-4-6-17(7-5-14)23-18(12-16(3)21-23)20-19(24)13-22-10-8-15(2)9-11-22/h4-7,12,15H,8-11,13H2,1-3H3,(H,20,24). The van der Waals surface area contributed by atoms with E-state index in [1.165, 1.54) is 18.4 Å². The minimum atomic E-state index is 0.0258. The van der Waals surface area contributed by atoms with Crippen LogP contribution in [0.15, 0.2) is 30.3 Å². The Bertz CT molecular complexity index is 697. The lowest BCUT2D eigenvalue weighted by atomic mass is 9.99. The fourth-order valence-electron chi connectivity index (χ4n) is 3.08. The number of rotatable bonds is 4. The molecule has 0 unspecified atom stereocenters. The first-order chi connectivity index (χ1) is 11.5. The van der Waals surface area contributed by atoms with Crippen LogP contribution in [-0.2, 0) is 4.79 Å². The highest BCUT2D eigenvalue weighted by molar-refractivity contribution is 5.91. The van der Waals surface area contributed by atoms with Crippen LogP contribution in [0, 0.1) is 19.8 Å². The highest BCUT2D eigenvalue weighted by Crippen LogP contribution is 2.19. The molecule has 0 atom stereocenters. The first-order valence-electron chi connectivity index (χ1n) is 8.67. The molecule has 0 spiro atoms. The molecule has 2 heterocycles. The maximum absolute atomic E-state index is 12.4. The van der Waals surface area contributed by atoms with Gasteiger partial charge in [-0.1, -0.05) is 24.6 Å². The van der Waals surface area contributed by atoms with Gasteiger partial charge in [0.05, 0.1) is 17.9 Å². The molecule has 0 bridgehead atoms. The van der Waals surface area contributed by atoms with Gasteiger partial charge in [-0.05, 0) is 57.8 Å². The Balaban J connectivity index is 1.68. The van der Waals surface area contributed by atoms with E-state index >= 15 is 0 Å². The van der Waals surface area contributed by atoms with Crippen molar-refractivity contribution in [2.24, 2.45) is 5.92 Å². The number of aryl methyl sites for hydroxylation is 2. The van der Waals surface area contributed by atoms with Crippen molar-refractivity contribution in [3.8, 4) is 5.69 Å². The van der Waals surface area contributed by atoms with E-state index in [0.717, 1.165) is 36.2 Å². The van der Waals surface area contributed by atoms with Gasteiger partial charge in [-0.15, -0.1) is 0 Å². The number of aromatic nitrogens is 2. The van der Waals surface area contributed by atoms with Gasteiger partial charge in [0.1, 0.15) is 5.82 Å². The second-order valence-electron chi connectivity index (χ2n) is 6.93. The van der Waals surface area contributed by atoms with E-state index < -0.39 is 0 Å². The lowest BCUT2D eigenvalue weighted by Gasteiger charge is -2.29. The molecule has 0 saturated carbocycles.